The van der Waals surface area contributed by atoms with E-state index in [1.807, 2.05) is 6.07 Å². The number of carbonyl (C=O) groups is 1. The number of rotatable bonds is 5. The molecule has 2 aliphatic heterocycles. The summed E-state index contributed by atoms with van der Waals surface area (Å²) in [5.74, 6) is -1.59. The van der Waals surface area contributed by atoms with E-state index in [2.05, 4.69) is 4.98 Å². The van der Waals surface area contributed by atoms with Crippen molar-refractivity contribution >= 4 is 17.5 Å². The molecule has 1 saturated heterocycles. The van der Waals surface area contributed by atoms with Crippen LogP contribution >= 0.6 is 11.6 Å². The molecule has 2 atom stereocenters. The molecular weight excluding hydrogens is 497 g/mol. The van der Waals surface area contributed by atoms with Crippen LogP contribution in [0.4, 0.5) is 4.39 Å². The predicted molar refractivity (Wildman–Crippen MR) is 133 cm³/mol. The molecule has 5 rings (SSSR count). The van der Waals surface area contributed by atoms with Crippen molar-refractivity contribution in [3.63, 3.8) is 0 Å². The molecule has 9 heteroatoms. The van der Waals surface area contributed by atoms with Crippen molar-refractivity contribution in [3.8, 4) is 6.07 Å². The zero-order valence-corrected chi connectivity index (χ0v) is 20.9. The topological polar surface area (TPSA) is 107 Å². The van der Waals surface area contributed by atoms with Gasteiger partial charge in [-0.2, -0.15) is 5.26 Å². The summed E-state index contributed by atoms with van der Waals surface area (Å²) in [7, 11) is 0. The maximum Gasteiger partial charge on any atom is 0.257 e. The van der Waals surface area contributed by atoms with Crippen LogP contribution in [0.25, 0.3) is 0 Å². The Bertz CT molecular complexity index is 1380. The third kappa shape index (κ3) is 4.28. The van der Waals surface area contributed by atoms with Crippen LogP contribution in [-0.4, -0.2) is 39.2 Å². The van der Waals surface area contributed by atoms with E-state index in [-0.39, 0.29) is 34.7 Å². The van der Waals surface area contributed by atoms with Gasteiger partial charge in [-0.1, -0.05) is 23.7 Å². The lowest BCUT2D eigenvalue weighted by molar-refractivity contribution is -0.0592. The van der Waals surface area contributed by atoms with Crippen LogP contribution in [0.15, 0.2) is 54.7 Å². The second-order valence-electron chi connectivity index (χ2n) is 9.64. The van der Waals surface area contributed by atoms with Gasteiger partial charge in [0.15, 0.2) is 5.72 Å². The van der Waals surface area contributed by atoms with E-state index in [9.17, 15) is 15.0 Å². The summed E-state index contributed by atoms with van der Waals surface area (Å²) >= 11 is 6.05. The Morgan fingerprint density at radius 2 is 1.95 bits per heavy atom. The third-order valence-corrected chi connectivity index (χ3v) is 7.68. The van der Waals surface area contributed by atoms with Crippen molar-refractivity contribution in [2.75, 3.05) is 13.2 Å². The second-order valence-corrected chi connectivity index (χ2v) is 10.1. The van der Waals surface area contributed by atoms with E-state index < -0.39 is 23.1 Å². The highest BCUT2D eigenvalue weighted by molar-refractivity contribution is 6.30. The Hall–Kier alpha value is -3.35. The molecule has 0 bridgehead atoms. The first kappa shape index (κ1) is 25.3. The molecule has 3 aromatic rings. The molecule has 37 heavy (non-hydrogen) atoms. The number of nitrogens with zero attached hydrogens (tertiary/aromatic N) is 3. The average Bonchev–Trinajstić information content (AvgIpc) is 3.12. The highest BCUT2D eigenvalue weighted by atomic mass is 35.5. The van der Waals surface area contributed by atoms with Gasteiger partial charge in [0.2, 0.25) is 0 Å². The molecular formula is C28H25ClFN3O4. The standard InChI is InChI=1S/C28H25ClFN3O4/c1-27(35,18-8-10-37-11-9-18)20-12-23-25(24(30)13-20)28(36,19-3-5-21(29)6-4-19)33(26(23)34)16-22-7-2-17(14-31)15-32-22/h2-7,12-13,15,18,35-36H,8-11,16H2,1H3. The zero-order chi connectivity index (χ0) is 26.4. The molecule has 1 aromatic heterocycles. The Morgan fingerprint density at radius 1 is 1.24 bits per heavy atom. The predicted octanol–water partition coefficient (Wildman–Crippen LogP) is 4.23. The number of halogens is 2. The molecule has 190 valence electrons. The molecule has 2 N–H and O–H groups in total. The van der Waals surface area contributed by atoms with Crippen LogP contribution in [-0.2, 0) is 22.6 Å². The SMILES string of the molecule is CC(O)(c1cc(F)c2c(c1)C(=O)N(Cc1ccc(C#N)cn1)C2(O)c1ccc(Cl)cc1)C1CCOCC1. The van der Waals surface area contributed by atoms with Crippen LogP contribution in [0, 0.1) is 23.1 Å². The Labute approximate surface area is 218 Å². The van der Waals surface area contributed by atoms with E-state index >= 15 is 4.39 Å². The summed E-state index contributed by atoms with van der Waals surface area (Å²) in [4.78, 5) is 19.2. The minimum atomic E-state index is -2.15. The molecule has 0 aliphatic carbocycles. The fourth-order valence-electron chi connectivity index (χ4n) is 5.26. The van der Waals surface area contributed by atoms with Crippen LogP contribution < -0.4 is 0 Å². The van der Waals surface area contributed by atoms with Crippen molar-refractivity contribution < 1.29 is 24.1 Å². The van der Waals surface area contributed by atoms with Crippen molar-refractivity contribution in [3.05, 3.63) is 99.1 Å². The van der Waals surface area contributed by atoms with Gasteiger partial charge < -0.3 is 14.9 Å². The number of aliphatic hydroxyl groups is 2. The molecule has 0 radical (unpaired) electrons. The number of benzene rings is 2. The number of hydrogen-bond acceptors (Lipinski definition) is 6. The third-order valence-electron chi connectivity index (χ3n) is 7.43. The van der Waals surface area contributed by atoms with Gasteiger partial charge >= 0.3 is 0 Å². The van der Waals surface area contributed by atoms with E-state index in [1.54, 1.807) is 31.2 Å². The number of carbonyl (C=O) groups excluding carboxylic acids is 1. The number of ether oxygens (including phenoxy) is 1. The normalized spacial score (nSPS) is 21.4. The van der Waals surface area contributed by atoms with Crippen molar-refractivity contribution in [2.45, 2.75) is 37.6 Å². The minimum Gasteiger partial charge on any atom is -0.385 e. The van der Waals surface area contributed by atoms with Gasteiger partial charge in [-0.3, -0.25) is 14.7 Å². The van der Waals surface area contributed by atoms with Crippen LogP contribution in [0.1, 0.15) is 58.1 Å². The summed E-state index contributed by atoms with van der Waals surface area (Å²) in [6.07, 6.45) is 2.57. The fourth-order valence-corrected chi connectivity index (χ4v) is 5.39. The summed E-state index contributed by atoms with van der Waals surface area (Å²) in [6, 6.07) is 14.0. The Kier molecular flexibility index (Phi) is 6.50. The smallest absolute Gasteiger partial charge is 0.257 e. The quantitative estimate of drug-likeness (QED) is 0.520. The Balaban J connectivity index is 1.63. The summed E-state index contributed by atoms with van der Waals surface area (Å²) in [5, 5.41) is 33.0. The Morgan fingerprint density at radius 3 is 2.57 bits per heavy atom. The number of hydrogen-bond donors (Lipinski definition) is 2. The first-order valence-electron chi connectivity index (χ1n) is 12.0. The first-order valence-corrected chi connectivity index (χ1v) is 12.3. The molecule has 2 unspecified atom stereocenters. The van der Waals surface area contributed by atoms with Crippen LogP contribution in [0.3, 0.4) is 0 Å². The summed E-state index contributed by atoms with van der Waals surface area (Å²) < 4.78 is 21.3. The van der Waals surface area contributed by atoms with Crippen molar-refractivity contribution in [2.24, 2.45) is 5.92 Å². The number of nitriles is 1. The molecule has 0 saturated carbocycles. The van der Waals surface area contributed by atoms with E-state index in [0.717, 1.165) is 4.90 Å². The molecule has 1 fully saturated rings. The highest BCUT2D eigenvalue weighted by Crippen LogP contribution is 2.47. The highest BCUT2D eigenvalue weighted by Gasteiger charge is 2.53. The van der Waals surface area contributed by atoms with Crippen molar-refractivity contribution in [1.29, 1.82) is 5.26 Å². The molecule has 0 spiro atoms. The first-order chi connectivity index (χ1) is 17.7. The number of pyridine rings is 1. The van der Waals surface area contributed by atoms with Gasteiger partial charge in [0, 0.05) is 30.0 Å². The maximum atomic E-state index is 15.9. The van der Waals surface area contributed by atoms with Crippen LogP contribution in [0.5, 0.6) is 0 Å². The van der Waals surface area contributed by atoms with Gasteiger partial charge in [-0.05, 0) is 67.6 Å². The lowest BCUT2D eigenvalue weighted by Crippen LogP contribution is -2.44. The summed E-state index contributed by atoms with van der Waals surface area (Å²) in [5.41, 5.74) is -2.52. The maximum absolute atomic E-state index is 15.9. The molecule has 7 nitrogen and oxygen atoms in total. The van der Waals surface area contributed by atoms with E-state index in [4.69, 9.17) is 21.6 Å². The molecule has 1 amide bonds. The van der Waals surface area contributed by atoms with Gasteiger partial charge in [-0.25, -0.2) is 4.39 Å². The van der Waals surface area contributed by atoms with Gasteiger partial charge in [-0.15, -0.1) is 0 Å². The summed E-state index contributed by atoms with van der Waals surface area (Å²) in [6.45, 7) is 2.46. The average molecular weight is 522 g/mol. The lowest BCUT2D eigenvalue weighted by atomic mass is 9.77. The molecule has 2 aliphatic rings. The lowest BCUT2D eigenvalue weighted by Gasteiger charge is -2.36. The van der Waals surface area contributed by atoms with Crippen molar-refractivity contribution in [1.82, 2.24) is 9.88 Å². The number of amides is 1. The molecule has 3 heterocycles. The largest absolute Gasteiger partial charge is 0.385 e. The van der Waals surface area contributed by atoms with E-state index in [0.29, 0.717) is 42.3 Å². The van der Waals surface area contributed by atoms with Gasteiger partial charge in [0.25, 0.3) is 5.91 Å². The number of fused-ring (bicyclic) bond motifs is 1. The zero-order valence-electron chi connectivity index (χ0n) is 20.1. The fraction of sp³-hybridized carbons (Fsp3) is 0.321. The minimum absolute atomic E-state index is 0.0339. The van der Waals surface area contributed by atoms with Gasteiger partial charge in [0.1, 0.15) is 11.9 Å². The van der Waals surface area contributed by atoms with E-state index in [1.165, 1.54) is 30.5 Å². The second kappa shape index (κ2) is 9.51. The van der Waals surface area contributed by atoms with Gasteiger partial charge in [0.05, 0.1) is 34.5 Å². The molecule has 2 aromatic carbocycles. The number of aromatic nitrogens is 1. The monoisotopic (exact) mass is 521 g/mol. The van der Waals surface area contributed by atoms with Crippen LogP contribution in [0.2, 0.25) is 5.02 Å².